The van der Waals surface area contributed by atoms with Gasteiger partial charge in [0.15, 0.2) is 0 Å². The van der Waals surface area contributed by atoms with Gasteiger partial charge < -0.3 is 10.5 Å². The molecule has 0 saturated carbocycles. The van der Waals surface area contributed by atoms with E-state index in [0.717, 1.165) is 22.4 Å². The maximum absolute atomic E-state index is 8.89. The van der Waals surface area contributed by atoms with Gasteiger partial charge in [-0.1, -0.05) is 29.8 Å². The molecule has 0 radical (unpaired) electrons. The number of nitrogens with two attached hydrogens (primary N) is 1. The first kappa shape index (κ1) is 14.1. The molecule has 0 aromatic heterocycles. The van der Waals surface area contributed by atoms with E-state index < -0.39 is 0 Å². The molecule has 0 saturated heterocycles. The number of nitrogens with zero attached hydrogens (tertiary/aromatic N) is 1. The van der Waals surface area contributed by atoms with Crippen LogP contribution in [0.1, 0.15) is 35.2 Å². The molecule has 2 rings (SSSR count). The Kier molecular flexibility index (Phi) is 4.39. The fraction of sp³-hybridized carbons (Fsp3) is 0.235. The minimum absolute atomic E-state index is 0.0738. The second kappa shape index (κ2) is 6.23. The molecule has 1 atom stereocenters. The number of hydrogen-bond acceptors (Lipinski definition) is 3. The van der Waals surface area contributed by atoms with E-state index in [4.69, 9.17) is 15.7 Å². The molecule has 0 fully saturated rings. The summed E-state index contributed by atoms with van der Waals surface area (Å²) in [7, 11) is 0. The zero-order chi connectivity index (χ0) is 14.5. The Hall–Kier alpha value is -2.31. The third-order valence-corrected chi connectivity index (χ3v) is 3.11. The predicted molar refractivity (Wildman–Crippen MR) is 79.3 cm³/mol. The molecule has 0 amide bonds. The summed E-state index contributed by atoms with van der Waals surface area (Å²) in [6, 6.07) is 15.5. The number of ether oxygens (including phenoxy) is 1. The monoisotopic (exact) mass is 266 g/mol. The third-order valence-electron chi connectivity index (χ3n) is 3.11. The molecule has 0 heterocycles. The Morgan fingerprint density at radius 1 is 1.25 bits per heavy atom. The standard InChI is InChI=1S/C17H18N2O/c1-12-6-7-17(16(8-12)13(2)19)20-11-15-5-3-4-14(9-15)10-18/h3-9,13H,11,19H2,1-2H3/t13-/m0/s1. The van der Waals surface area contributed by atoms with Crippen molar-refractivity contribution in [3.05, 3.63) is 64.7 Å². The molecule has 0 aliphatic carbocycles. The summed E-state index contributed by atoms with van der Waals surface area (Å²) in [4.78, 5) is 0. The normalized spacial score (nSPS) is 11.7. The number of rotatable bonds is 4. The van der Waals surface area contributed by atoms with Gasteiger partial charge in [-0.2, -0.15) is 5.26 Å². The molecule has 0 bridgehead atoms. The highest BCUT2D eigenvalue weighted by Crippen LogP contribution is 2.25. The molecule has 102 valence electrons. The molecular formula is C17H18N2O. The summed E-state index contributed by atoms with van der Waals surface area (Å²) in [6.45, 7) is 4.41. The third kappa shape index (κ3) is 3.37. The van der Waals surface area contributed by atoms with Crippen LogP contribution in [0.2, 0.25) is 0 Å². The maximum atomic E-state index is 8.89. The van der Waals surface area contributed by atoms with Crippen molar-refractivity contribution in [3.8, 4) is 11.8 Å². The van der Waals surface area contributed by atoms with Crippen LogP contribution in [0.25, 0.3) is 0 Å². The van der Waals surface area contributed by atoms with Gasteiger partial charge in [-0.3, -0.25) is 0 Å². The molecule has 3 heteroatoms. The van der Waals surface area contributed by atoms with Gasteiger partial charge in [-0.25, -0.2) is 0 Å². The predicted octanol–water partition coefficient (Wildman–Crippen LogP) is 3.47. The Morgan fingerprint density at radius 3 is 2.75 bits per heavy atom. The highest BCUT2D eigenvalue weighted by Gasteiger charge is 2.08. The average molecular weight is 266 g/mol. The minimum atomic E-state index is -0.0738. The van der Waals surface area contributed by atoms with E-state index in [9.17, 15) is 0 Å². The number of hydrogen-bond donors (Lipinski definition) is 1. The van der Waals surface area contributed by atoms with E-state index in [1.165, 1.54) is 0 Å². The molecule has 2 N–H and O–H groups in total. The van der Waals surface area contributed by atoms with Crippen LogP contribution in [0.15, 0.2) is 42.5 Å². The average Bonchev–Trinajstić information content (AvgIpc) is 2.46. The fourth-order valence-electron chi connectivity index (χ4n) is 2.05. The van der Waals surface area contributed by atoms with Crippen molar-refractivity contribution in [2.45, 2.75) is 26.5 Å². The molecule has 0 aliphatic rings. The van der Waals surface area contributed by atoms with Crippen LogP contribution < -0.4 is 10.5 Å². The summed E-state index contributed by atoms with van der Waals surface area (Å²) in [5.41, 5.74) is 9.75. The van der Waals surface area contributed by atoms with Gasteiger partial charge in [-0.05, 0) is 37.6 Å². The zero-order valence-electron chi connectivity index (χ0n) is 11.8. The van der Waals surface area contributed by atoms with Crippen molar-refractivity contribution >= 4 is 0 Å². The Balaban J connectivity index is 2.16. The smallest absolute Gasteiger partial charge is 0.124 e. The van der Waals surface area contributed by atoms with Crippen molar-refractivity contribution in [1.29, 1.82) is 5.26 Å². The molecule has 2 aromatic rings. The molecule has 0 spiro atoms. The van der Waals surface area contributed by atoms with Crippen molar-refractivity contribution in [2.75, 3.05) is 0 Å². The minimum Gasteiger partial charge on any atom is -0.489 e. The van der Waals surface area contributed by atoms with Gasteiger partial charge >= 0.3 is 0 Å². The first-order chi connectivity index (χ1) is 9.60. The molecule has 0 aliphatic heterocycles. The second-order valence-corrected chi connectivity index (χ2v) is 4.93. The van der Waals surface area contributed by atoms with E-state index in [1.807, 2.05) is 50.2 Å². The van der Waals surface area contributed by atoms with E-state index in [-0.39, 0.29) is 6.04 Å². The summed E-state index contributed by atoms with van der Waals surface area (Å²) < 4.78 is 5.85. The Morgan fingerprint density at radius 2 is 2.05 bits per heavy atom. The summed E-state index contributed by atoms with van der Waals surface area (Å²) >= 11 is 0. The van der Waals surface area contributed by atoms with Crippen LogP contribution in [0, 0.1) is 18.3 Å². The first-order valence-electron chi connectivity index (χ1n) is 6.58. The lowest BCUT2D eigenvalue weighted by Gasteiger charge is -2.15. The summed E-state index contributed by atoms with van der Waals surface area (Å²) in [6.07, 6.45) is 0. The molecule has 0 unspecified atom stereocenters. The Bertz CT molecular complexity index is 642. The molecule has 3 nitrogen and oxygen atoms in total. The van der Waals surface area contributed by atoms with Crippen LogP contribution in [-0.2, 0) is 6.61 Å². The largest absolute Gasteiger partial charge is 0.489 e. The number of nitriles is 1. The molecular weight excluding hydrogens is 248 g/mol. The molecule has 2 aromatic carbocycles. The lowest BCUT2D eigenvalue weighted by Crippen LogP contribution is -2.08. The highest BCUT2D eigenvalue weighted by atomic mass is 16.5. The van der Waals surface area contributed by atoms with E-state index in [1.54, 1.807) is 6.07 Å². The first-order valence-corrected chi connectivity index (χ1v) is 6.58. The molecule has 20 heavy (non-hydrogen) atoms. The highest BCUT2D eigenvalue weighted by molar-refractivity contribution is 5.39. The SMILES string of the molecule is Cc1ccc(OCc2cccc(C#N)c2)c([C@H](C)N)c1. The summed E-state index contributed by atoms with van der Waals surface area (Å²) in [5, 5.41) is 8.89. The van der Waals surface area contributed by atoms with Crippen LogP contribution in [0.5, 0.6) is 5.75 Å². The van der Waals surface area contributed by atoms with Crippen LogP contribution >= 0.6 is 0 Å². The lowest BCUT2D eigenvalue weighted by atomic mass is 10.1. The van der Waals surface area contributed by atoms with E-state index in [2.05, 4.69) is 6.07 Å². The van der Waals surface area contributed by atoms with Gasteiger partial charge in [0.25, 0.3) is 0 Å². The zero-order valence-corrected chi connectivity index (χ0v) is 11.8. The van der Waals surface area contributed by atoms with Crippen molar-refractivity contribution in [3.63, 3.8) is 0 Å². The van der Waals surface area contributed by atoms with Crippen LogP contribution in [-0.4, -0.2) is 0 Å². The second-order valence-electron chi connectivity index (χ2n) is 4.93. The quantitative estimate of drug-likeness (QED) is 0.921. The number of benzene rings is 2. The van der Waals surface area contributed by atoms with Gasteiger partial charge in [0.2, 0.25) is 0 Å². The lowest BCUT2D eigenvalue weighted by molar-refractivity contribution is 0.301. The van der Waals surface area contributed by atoms with Gasteiger partial charge in [-0.15, -0.1) is 0 Å². The van der Waals surface area contributed by atoms with Crippen LogP contribution in [0.4, 0.5) is 0 Å². The van der Waals surface area contributed by atoms with Gasteiger partial charge in [0, 0.05) is 11.6 Å². The van der Waals surface area contributed by atoms with E-state index in [0.29, 0.717) is 12.2 Å². The van der Waals surface area contributed by atoms with Crippen molar-refractivity contribution < 1.29 is 4.74 Å². The van der Waals surface area contributed by atoms with Crippen molar-refractivity contribution in [1.82, 2.24) is 0 Å². The van der Waals surface area contributed by atoms with Gasteiger partial charge in [0.1, 0.15) is 12.4 Å². The van der Waals surface area contributed by atoms with E-state index >= 15 is 0 Å². The van der Waals surface area contributed by atoms with Gasteiger partial charge in [0.05, 0.1) is 11.6 Å². The topological polar surface area (TPSA) is 59.0 Å². The Labute approximate surface area is 119 Å². The summed E-state index contributed by atoms with van der Waals surface area (Å²) in [5.74, 6) is 0.799. The maximum Gasteiger partial charge on any atom is 0.124 e. The number of aryl methyl sites for hydroxylation is 1. The van der Waals surface area contributed by atoms with Crippen molar-refractivity contribution in [2.24, 2.45) is 5.73 Å². The van der Waals surface area contributed by atoms with Crippen LogP contribution in [0.3, 0.4) is 0 Å². The fourth-order valence-corrected chi connectivity index (χ4v) is 2.05.